The topological polar surface area (TPSA) is 15.3 Å². The van der Waals surface area contributed by atoms with Gasteiger partial charge in [0.25, 0.3) is 0 Å². The minimum Gasteiger partial charge on any atom is -0.319 e. The van der Waals surface area contributed by atoms with Crippen LogP contribution in [-0.4, -0.2) is 32.6 Å². The normalized spacial score (nSPS) is 15.0. The van der Waals surface area contributed by atoms with Crippen LogP contribution < -0.4 is 5.32 Å². The lowest BCUT2D eigenvalue weighted by Gasteiger charge is -2.36. The summed E-state index contributed by atoms with van der Waals surface area (Å²) in [6.07, 6.45) is 0. The van der Waals surface area contributed by atoms with E-state index in [1.165, 1.54) is 16.7 Å². The fraction of sp³-hybridized carbons (Fsp3) is 0.647. The molecule has 19 heavy (non-hydrogen) atoms. The Labute approximate surface area is 119 Å². The number of hydrogen-bond acceptors (Lipinski definition) is 2. The zero-order valence-electron chi connectivity index (χ0n) is 13.6. The fourth-order valence-corrected chi connectivity index (χ4v) is 2.92. The molecule has 0 fully saturated rings. The Kier molecular flexibility index (Phi) is 6.02. The van der Waals surface area contributed by atoms with Crippen LogP contribution in [0.3, 0.4) is 0 Å². The van der Waals surface area contributed by atoms with Crippen LogP contribution in [0.25, 0.3) is 0 Å². The summed E-state index contributed by atoms with van der Waals surface area (Å²) in [5.41, 5.74) is 4.21. The highest BCUT2D eigenvalue weighted by molar-refractivity contribution is 5.33. The molecule has 1 rings (SSSR count). The smallest absolute Gasteiger partial charge is 0.0387 e. The predicted molar refractivity (Wildman–Crippen MR) is 84.6 cm³/mol. The number of hydrogen-bond donors (Lipinski definition) is 1. The molecule has 2 nitrogen and oxygen atoms in total. The highest BCUT2D eigenvalue weighted by Crippen LogP contribution is 2.33. The maximum atomic E-state index is 3.36. The van der Waals surface area contributed by atoms with Gasteiger partial charge in [0.2, 0.25) is 0 Å². The molecular weight excluding hydrogens is 232 g/mol. The molecule has 0 heterocycles. The molecule has 2 atom stereocenters. The number of nitrogens with zero attached hydrogens (tertiary/aromatic N) is 1. The van der Waals surface area contributed by atoms with E-state index in [-0.39, 0.29) is 0 Å². The second-order valence-electron chi connectivity index (χ2n) is 6.23. The van der Waals surface area contributed by atoms with Gasteiger partial charge >= 0.3 is 0 Å². The molecule has 0 bridgehead atoms. The van der Waals surface area contributed by atoms with Crippen molar-refractivity contribution in [1.82, 2.24) is 10.2 Å². The second-order valence-corrected chi connectivity index (χ2v) is 6.23. The number of benzene rings is 1. The van der Waals surface area contributed by atoms with E-state index in [0.717, 1.165) is 6.54 Å². The Balaban J connectivity index is 3.21. The zero-order chi connectivity index (χ0) is 14.6. The van der Waals surface area contributed by atoms with Crippen molar-refractivity contribution in [3.05, 3.63) is 34.9 Å². The zero-order valence-corrected chi connectivity index (χ0v) is 13.6. The lowest BCUT2D eigenvalue weighted by atomic mass is 9.82. The molecule has 0 spiro atoms. The van der Waals surface area contributed by atoms with Gasteiger partial charge in [0.1, 0.15) is 0 Å². The molecule has 1 aromatic rings. The summed E-state index contributed by atoms with van der Waals surface area (Å²) in [5, 5.41) is 3.36. The first-order valence-corrected chi connectivity index (χ1v) is 7.26. The maximum Gasteiger partial charge on any atom is 0.0387 e. The molecule has 0 radical (unpaired) electrons. The minimum atomic E-state index is 0.465. The molecule has 1 N–H and O–H groups in total. The first-order chi connectivity index (χ1) is 8.88. The first kappa shape index (κ1) is 16.2. The van der Waals surface area contributed by atoms with Crippen molar-refractivity contribution >= 4 is 0 Å². The number of nitrogens with one attached hydrogen (secondary N) is 1. The Bertz CT molecular complexity index is 396. The predicted octanol–water partition coefficient (Wildman–Crippen LogP) is 3.40. The van der Waals surface area contributed by atoms with Crippen LogP contribution in [-0.2, 0) is 0 Å². The molecule has 0 aliphatic carbocycles. The van der Waals surface area contributed by atoms with E-state index < -0.39 is 0 Å². The van der Waals surface area contributed by atoms with Gasteiger partial charge in [-0.2, -0.15) is 0 Å². The third-order valence-corrected chi connectivity index (χ3v) is 4.01. The maximum absolute atomic E-state index is 3.36. The van der Waals surface area contributed by atoms with Gasteiger partial charge in [-0.3, -0.25) is 0 Å². The molecule has 2 unspecified atom stereocenters. The van der Waals surface area contributed by atoms with Crippen molar-refractivity contribution in [3.8, 4) is 0 Å². The van der Waals surface area contributed by atoms with Gasteiger partial charge in [0.05, 0.1) is 0 Å². The van der Waals surface area contributed by atoms with Crippen molar-refractivity contribution in [2.75, 3.05) is 27.7 Å². The van der Waals surface area contributed by atoms with Crippen molar-refractivity contribution < 1.29 is 0 Å². The molecule has 0 aliphatic rings. The minimum absolute atomic E-state index is 0.465. The van der Waals surface area contributed by atoms with Gasteiger partial charge < -0.3 is 10.2 Å². The number of rotatable bonds is 6. The van der Waals surface area contributed by atoms with Crippen LogP contribution in [0.1, 0.15) is 36.6 Å². The standard InChI is InChI=1S/C17H30N2/c1-12(2)16(11-18-5)17(19(6)7)15-10-13(3)8-9-14(15)4/h8-10,12,16-18H,11H2,1-7H3. The van der Waals surface area contributed by atoms with Crippen LogP contribution in [0, 0.1) is 25.7 Å². The average Bonchev–Trinajstić information content (AvgIpc) is 2.32. The van der Waals surface area contributed by atoms with Crippen LogP contribution in [0.15, 0.2) is 18.2 Å². The van der Waals surface area contributed by atoms with E-state index in [1.54, 1.807) is 0 Å². The fourth-order valence-electron chi connectivity index (χ4n) is 2.92. The summed E-state index contributed by atoms with van der Waals surface area (Å²) < 4.78 is 0. The number of aryl methyl sites for hydroxylation is 2. The summed E-state index contributed by atoms with van der Waals surface area (Å²) in [5.74, 6) is 1.26. The van der Waals surface area contributed by atoms with Gasteiger partial charge in [-0.1, -0.05) is 37.6 Å². The summed E-state index contributed by atoms with van der Waals surface area (Å²) in [6, 6.07) is 7.27. The highest BCUT2D eigenvalue weighted by atomic mass is 15.1. The Hall–Kier alpha value is -0.860. The first-order valence-electron chi connectivity index (χ1n) is 7.26. The van der Waals surface area contributed by atoms with E-state index in [0.29, 0.717) is 17.9 Å². The quantitative estimate of drug-likeness (QED) is 0.845. The molecule has 0 amide bonds. The third kappa shape index (κ3) is 4.05. The van der Waals surface area contributed by atoms with Crippen LogP contribution in [0.5, 0.6) is 0 Å². The average molecular weight is 262 g/mol. The molecule has 108 valence electrons. The molecule has 0 aliphatic heterocycles. The van der Waals surface area contributed by atoms with Gasteiger partial charge in [-0.25, -0.2) is 0 Å². The lowest BCUT2D eigenvalue weighted by Crippen LogP contribution is -2.36. The van der Waals surface area contributed by atoms with Gasteiger partial charge in [0.15, 0.2) is 0 Å². The van der Waals surface area contributed by atoms with E-state index >= 15 is 0 Å². The molecule has 1 aromatic carbocycles. The Morgan fingerprint density at radius 3 is 2.26 bits per heavy atom. The monoisotopic (exact) mass is 262 g/mol. The van der Waals surface area contributed by atoms with Crippen molar-refractivity contribution in [3.63, 3.8) is 0 Å². The third-order valence-electron chi connectivity index (χ3n) is 4.01. The highest BCUT2D eigenvalue weighted by Gasteiger charge is 2.28. The molecular formula is C17H30N2. The molecule has 0 saturated heterocycles. The van der Waals surface area contributed by atoms with E-state index in [2.05, 4.69) is 70.2 Å². The van der Waals surface area contributed by atoms with Gasteiger partial charge in [0, 0.05) is 6.04 Å². The summed E-state index contributed by atoms with van der Waals surface area (Å²) >= 11 is 0. The van der Waals surface area contributed by atoms with E-state index in [1.807, 2.05) is 7.05 Å². The lowest BCUT2D eigenvalue weighted by molar-refractivity contribution is 0.168. The van der Waals surface area contributed by atoms with Gasteiger partial charge in [-0.05, 0) is 64.5 Å². The molecule has 2 heteroatoms. The molecule has 0 saturated carbocycles. The van der Waals surface area contributed by atoms with Crippen molar-refractivity contribution in [2.24, 2.45) is 11.8 Å². The van der Waals surface area contributed by atoms with Crippen molar-refractivity contribution in [2.45, 2.75) is 33.7 Å². The second kappa shape index (κ2) is 7.06. The van der Waals surface area contributed by atoms with Gasteiger partial charge in [-0.15, -0.1) is 0 Å². The Morgan fingerprint density at radius 2 is 1.79 bits per heavy atom. The Morgan fingerprint density at radius 1 is 1.16 bits per heavy atom. The van der Waals surface area contributed by atoms with E-state index in [4.69, 9.17) is 0 Å². The summed E-state index contributed by atoms with van der Waals surface area (Å²) in [4.78, 5) is 2.36. The van der Waals surface area contributed by atoms with Crippen molar-refractivity contribution in [1.29, 1.82) is 0 Å². The van der Waals surface area contributed by atoms with Crippen LogP contribution in [0.4, 0.5) is 0 Å². The summed E-state index contributed by atoms with van der Waals surface area (Å²) in [6.45, 7) is 10.1. The molecule has 0 aromatic heterocycles. The van der Waals surface area contributed by atoms with E-state index in [9.17, 15) is 0 Å². The largest absolute Gasteiger partial charge is 0.319 e. The van der Waals surface area contributed by atoms with Crippen LogP contribution in [0.2, 0.25) is 0 Å². The summed E-state index contributed by atoms with van der Waals surface area (Å²) in [7, 11) is 6.43. The SMILES string of the molecule is CNCC(C(C)C)C(c1cc(C)ccc1C)N(C)C. The van der Waals surface area contributed by atoms with Crippen LogP contribution >= 0.6 is 0 Å².